The molecule has 0 fully saturated rings. The molecule has 3 unspecified atom stereocenters. The lowest BCUT2D eigenvalue weighted by atomic mass is 9.97. The van der Waals surface area contributed by atoms with Crippen molar-refractivity contribution in [1.82, 2.24) is 15.5 Å². The van der Waals surface area contributed by atoms with E-state index in [1.165, 1.54) is 4.90 Å². The zero-order chi connectivity index (χ0) is 34.7. The summed E-state index contributed by atoms with van der Waals surface area (Å²) < 4.78 is 11.2. The summed E-state index contributed by atoms with van der Waals surface area (Å²) in [6.45, 7) is 20.4. The van der Waals surface area contributed by atoms with E-state index < -0.39 is 53.2 Å². The number of ether oxygens (including phenoxy) is 2. The molecule has 0 spiro atoms. The Hall–Kier alpha value is -4.14. The maximum absolute atomic E-state index is 14.4. The van der Waals surface area contributed by atoms with Crippen molar-refractivity contribution < 1.29 is 28.7 Å². The summed E-state index contributed by atoms with van der Waals surface area (Å²) in [6, 6.07) is 13.5. The minimum Gasteiger partial charge on any atom is -0.458 e. The number of carbonyl (C=O) groups is 4. The highest BCUT2D eigenvalue weighted by atomic mass is 16.6. The molecule has 0 bridgehead atoms. The first-order valence-corrected chi connectivity index (χ1v) is 16.0. The largest absolute Gasteiger partial charge is 0.458 e. The Bertz CT molecular complexity index is 1330. The van der Waals surface area contributed by atoms with Crippen LogP contribution in [0.2, 0.25) is 0 Å². The van der Waals surface area contributed by atoms with Crippen LogP contribution in [0.3, 0.4) is 0 Å². The topological polar surface area (TPSA) is 114 Å². The summed E-state index contributed by atoms with van der Waals surface area (Å²) in [4.78, 5) is 56.6. The average molecular weight is 636 g/mol. The maximum atomic E-state index is 14.4. The van der Waals surface area contributed by atoms with Crippen LogP contribution < -0.4 is 10.6 Å². The second-order valence-corrected chi connectivity index (χ2v) is 13.9. The molecule has 2 rings (SSSR count). The highest BCUT2D eigenvalue weighted by Gasteiger charge is 2.38. The number of nitrogens with one attached hydrogen (secondary N) is 2. The van der Waals surface area contributed by atoms with E-state index in [2.05, 4.69) is 17.2 Å². The zero-order valence-electron chi connectivity index (χ0n) is 29.0. The van der Waals surface area contributed by atoms with Gasteiger partial charge in [-0.3, -0.25) is 9.59 Å². The molecule has 2 aromatic rings. The number of nitrogens with zero attached hydrogens (tertiary/aromatic N) is 1. The molecule has 2 N–H and O–H groups in total. The van der Waals surface area contributed by atoms with Gasteiger partial charge in [-0.1, -0.05) is 82.0 Å². The van der Waals surface area contributed by atoms with Gasteiger partial charge in [-0.2, -0.15) is 0 Å². The van der Waals surface area contributed by atoms with Crippen LogP contribution >= 0.6 is 0 Å². The van der Waals surface area contributed by atoms with E-state index in [4.69, 9.17) is 9.47 Å². The van der Waals surface area contributed by atoms with Gasteiger partial charge in [0.1, 0.15) is 29.3 Å². The Morgan fingerprint density at radius 3 is 2.04 bits per heavy atom. The Morgan fingerprint density at radius 1 is 0.870 bits per heavy atom. The molecule has 0 saturated carbocycles. The van der Waals surface area contributed by atoms with Crippen molar-refractivity contribution in [3.05, 3.63) is 77.9 Å². The smallest absolute Gasteiger partial charge is 0.408 e. The van der Waals surface area contributed by atoms with Crippen LogP contribution in [0.1, 0.15) is 97.9 Å². The Morgan fingerprint density at radius 2 is 1.50 bits per heavy atom. The molecule has 46 heavy (non-hydrogen) atoms. The molecule has 0 radical (unpaired) electrons. The number of rotatable bonds is 14. The molecule has 0 aliphatic carbocycles. The van der Waals surface area contributed by atoms with Gasteiger partial charge < -0.3 is 25.0 Å². The van der Waals surface area contributed by atoms with E-state index in [9.17, 15) is 19.2 Å². The maximum Gasteiger partial charge on any atom is 0.408 e. The standard InChI is InChI=1S/C37H53N3O6/c1-11-21-40(33(42)29(22-25(3)4)39-35(44)46-37(8,9)10)31(28-20-16-19-26(12-2)23-28)32(41)38-30(34(43)45-36(5,6)7)24-27-17-14-13-15-18-27/h12-20,23,25,29-31H,2,11,21-22,24H2,1,3-10H3,(H,38,41)(H,39,44). The fraction of sp³-hybridized carbons (Fsp3) is 0.514. The molecule has 9 heteroatoms. The predicted octanol–water partition coefficient (Wildman–Crippen LogP) is 6.62. The SMILES string of the molecule is C=Cc1cccc(C(C(=O)NC(Cc2ccccc2)C(=O)OC(C)(C)C)N(CCC)C(=O)C(CC(C)C)NC(=O)OC(C)(C)C)c1. The quantitative estimate of drug-likeness (QED) is 0.226. The summed E-state index contributed by atoms with van der Waals surface area (Å²) in [6.07, 6.45) is 2.00. The lowest BCUT2D eigenvalue weighted by molar-refractivity contribution is -0.159. The van der Waals surface area contributed by atoms with Crippen molar-refractivity contribution in [2.75, 3.05) is 6.54 Å². The van der Waals surface area contributed by atoms with Crippen LogP contribution in [0.5, 0.6) is 0 Å². The van der Waals surface area contributed by atoms with Crippen molar-refractivity contribution in [3.8, 4) is 0 Å². The van der Waals surface area contributed by atoms with Crippen molar-refractivity contribution >= 4 is 30.0 Å². The third-order valence-corrected chi connectivity index (χ3v) is 6.76. The number of esters is 1. The molecule has 252 valence electrons. The van der Waals surface area contributed by atoms with Crippen molar-refractivity contribution in [3.63, 3.8) is 0 Å². The number of benzene rings is 2. The lowest BCUT2D eigenvalue weighted by Gasteiger charge is -2.35. The first-order chi connectivity index (χ1) is 21.4. The fourth-order valence-electron chi connectivity index (χ4n) is 4.95. The first kappa shape index (κ1) is 38.0. The van der Waals surface area contributed by atoms with Crippen molar-refractivity contribution in [2.24, 2.45) is 5.92 Å². The highest BCUT2D eigenvalue weighted by Crippen LogP contribution is 2.26. The van der Waals surface area contributed by atoms with Gasteiger partial charge in [0, 0.05) is 13.0 Å². The summed E-state index contributed by atoms with van der Waals surface area (Å²) in [5.41, 5.74) is 0.596. The normalized spacial score (nSPS) is 13.6. The van der Waals surface area contributed by atoms with Gasteiger partial charge in [-0.15, -0.1) is 0 Å². The molecule has 0 aliphatic rings. The predicted molar refractivity (Wildman–Crippen MR) is 182 cm³/mol. The van der Waals surface area contributed by atoms with Gasteiger partial charge >= 0.3 is 12.1 Å². The monoisotopic (exact) mass is 635 g/mol. The number of hydrogen-bond donors (Lipinski definition) is 2. The van der Waals surface area contributed by atoms with Crippen LogP contribution in [-0.4, -0.2) is 58.6 Å². The highest BCUT2D eigenvalue weighted by molar-refractivity contribution is 5.94. The van der Waals surface area contributed by atoms with Crippen LogP contribution in [0.4, 0.5) is 4.79 Å². The van der Waals surface area contributed by atoms with Crippen molar-refractivity contribution in [1.29, 1.82) is 0 Å². The summed E-state index contributed by atoms with van der Waals surface area (Å²) >= 11 is 0. The number of alkyl carbamates (subject to hydrolysis) is 1. The molecule has 3 amide bonds. The van der Waals surface area contributed by atoms with Gasteiger partial charge in [0.15, 0.2) is 0 Å². The minimum absolute atomic E-state index is 0.0474. The van der Waals surface area contributed by atoms with E-state index in [0.717, 1.165) is 11.1 Å². The zero-order valence-corrected chi connectivity index (χ0v) is 29.0. The summed E-state index contributed by atoms with van der Waals surface area (Å²) in [5.74, 6) is -1.51. The van der Waals surface area contributed by atoms with Gasteiger partial charge in [0.2, 0.25) is 11.8 Å². The van der Waals surface area contributed by atoms with Gasteiger partial charge in [0.05, 0.1) is 0 Å². The number of amides is 3. The molecule has 0 saturated heterocycles. The van der Waals surface area contributed by atoms with E-state index in [0.29, 0.717) is 18.4 Å². The molecule has 2 aromatic carbocycles. The molecule has 9 nitrogen and oxygen atoms in total. The van der Waals surface area contributed by atoms with Crippen LogP contribution in [0.25, 0.3) is 6.08 Å². The van der Waals surface area contributed by atoms with Gasteiger partial charge in [0.25, 0.3) is 0 Å². The number of carbonyl (C=O) groups excluding carboxylic acids is 4. The number of hydrogen-bond acceptors (Lipinski definition) is 6. The Kier molecular flexibility index (Phi) is 14.0. The van der Waals surface area contributed by atoms with Crippen LogP contribution in [0, 0.1) is 5.92 Å². The van der Waals surface area contributed by atoms with E-state index in [1.807, 2.05) is 57.2 Å². The molecule has 3 atom stereocenters. The van der Waals surface area contributed by atoms with Crippen LogP contribution in [-0.2, 0) is 30.3 Å². The fourth-order valence-corrected chi connectivity index (χ4v) is 4.95. The van der Waals surface area contributed by atoms with Crippen LogP contribution in [0.15, 0.2) is 61.2 Å². The van der Waals surface area contributed by atoms with Gasteiger partial charge in [-0.05, 0) is 83.1 Å². The molecular formula is C37H53N3O6. The Balaban J connectivity index is 2.61. The minimum atomic E-state index is -1.12. The first-order valence-electron chi connectivity index (χ1n) is 16.0. The third kappa shape index (κ3) is 12.7. The average Bonchev–Trinajstić information content (AvgIpc) is 2.94. The van der Waals surface area contributed by atoms with Gasteiger partial charge in [-0.25, -0.2) is 9.59 Å². The molecular weight excluding hydrogens is 582 g/mol. The molecule has 0 aliphatic heterocycles. The van der Waals surface area contributed by atoms with E-state index >= 15 is 0 Å². The molecule has 0 heterocycles. The van der Waals surface area contributed by atoms with Crippen molar-refractivity contribution in [2.45, 2.75) is 111 Å². The lowest BCUT2D eigenvalue weighted by Crippen LogP contribution is -2.55. The van der Waals surface area contributed by atoms with E-state index in [1.54, 1.807) is 65.8 Å². The summed E-state index contributed by atoms with van der Waals surface area (Å²) in [7, 11) is 0. The third-order valence-electron chi connectivity index (χ3n) is 6.76. The Labute approximate surface area is 275 Å². The molecule has 0 aromatic heterocycles. The second kappa shape index (κ2) is 17.0. The second-order valence-electron chi connectivity index (χ2n) is 13.9. The van der Waals surface area contributed by atoms with E-state index in [-0.39, 0.29) is 18.9 Å². The summed E-state index contributed by atoms with van der Waals surface area (Å²) in [5, 5.41) is 5.68.